The van der Waals surface area contributed by atoms with Gasteiger partial charge in [0.2, 0.25) is 5.91 Å². The van der Waals surface area contributed by atoms with Crippen molar-refractivity contribution in [2.75, 3.05) is 45.7 Å². The molecule has 8 heteroatoms. The van der Waals surface area contributed by atoms with E-state index in [1.54, 1.807) is 0 Å². The maximum Gasteiger partial charge on any atom is 0.229 e. The fourth-order valence-electron chi connectivity index (χ4n) is 7.25. The highest BCUT2D eigenvalue weighted by molar-refractivity contribution is 6.32. The Hall–Kier alpha value is -1.77. The van der Waals surface area contributed by atoms with Gasteiger partial charge in [0.1, 0.15) is 5.82 Å². The molecule has 2 N–H and O–H groups in total. The van der Waals surface area contributed by atoms with Gasteiger partial charge in [-0.1, -0.05) is 11.6 Å². The van der Waals surface area contributed by atoms with Gasteiger partial charge in [-0.15, -0.1) is 0 Å². The number of carbonyl (C=O) groups excluding carboxylic acids is 1. The van der Waals surface area contributed by atoms with Gasteiger partial charge in [0, 0.05) is 28.6 Å². The van der Waals surface area contributed by atoms with E-state index in [4.69, 9.17) is 16.3 Å². The smallest absolute Gasteiger partial charge is 0.229 e. The van der Waals surface area contributed by atoms with E-state index in [0.717, 1.165) is 53.7 Å². The Morgan fingerprint density at radius 2 is 1.97 bits per heavy atom. The molecule has 0 radical (unpaired) electrons. The van der Waals surface area contributed by atoms with Crippen LogP contribution < -0.4 is 5.32 Å². The number of hydrogen-bond acceptors (Lipinski definition) is 6. The molecule has 36 heavy (non-hydrogen) atoms. The standard InChI is InChI=1S/C28H37ClN4O3/c1-28(15-36-14-23(28)34)33-8-6-16(7-9-33)20-10-17-12-24(30-13-18(17)11-21(20)29)31-27(35)26-19-4-5-22(25(19)26)32(2)3/h10-13,16,19,22-23,25-26,34H,4-9,14-15H2,1-3H3,(H,30,31,35)/t19-,22?,23+,25-,26+,28-/m0/s1. The van der Waals surface area contributed by atoms with Gasteiger partial charge >= 0.3 is 0 Å². The first-order valence-electron chi connectivity index (χ1n) is 13.3. The van der Waals surface area contributed by atoms with Crippen LogP contribution in [-0.4, -0.2) is 83.9 Å². The van der Waals surface area contributed by atoms with Crippen LogP contribution in [0.25, 0.3) is 10.8 Å². The van der Waals surface area contributed by atoms with Crippen LogP contribution in [-0.2, 0) is 9.53 Å². The van der Waals surface area contributed by atoms with E-state index >= 15 is 0 Å². The Balaban J connectivity index is 1.15. The van der Waals surface area contributed by atoms with E-state index in [-0.39, 0.29) is 17.4 Å². The first kappa shape index (κ1) is 24.6. The van der Waals surface area contributed by atoms with Crippen molar-refractivity contribution in [3.8, 4) is 0 Å². The topological polar surface area (TPSA) is 77.9 Å². The summed E-state index contributed by atoms with van der Waals surface area (Å²) in [4.78, 5) is 22.2. The predicted octanol–water partition coefficient (Wildman–Crippen LogP) is 3.74. The number of pyridine rings is 1. The third-order valence-corrected chi connectivity index (χ3v) is 9.90. The van der Waals surface area contributed by atoms with Crippen LogP contribution >= 0.6 is 11.6 Å². The number of nitrogens with one attached hydrogen (secondary N) is 1. The quantitative estimate of drug-likeness (QED) is 0.635. The van der Waals surface area contributed by atoms with Gasteiger partial charge in [-0.3, -0.25) is 9.69 Å². The van der Waals surface area contributed by atoms with Crippen LogP contribution in [0.2, 0.25) is 5.02 Å². The summed E-state index contributed by atoms with van der Waals surface area (Å²) in [5, 5.41) is 16.3. The third kappa shape index (κ3) is 4.13. The van der Waals surface area contributed by atoms with Gasteiger partial charge in [0.25, 0.3) is 0 Å². The maximum absolute atomic E-state index is 13.0. The molecule has 4 fully saturated rings. The Bertz CT molecular complexity index is 1170. The van der Waals surface area contributed by atoms with Crippen molar-refractivity contribution in [3.05, 3.63) is 35.0 Å². The lowest BCUT2D eigenvalue weighted by atomic mass is 9.85. The average molecular weight is 513 g/mol. The largest absolute Gasteiger partial charge is 0.389 e. The number of benzene rings is 1. The van der Waals surface area contributed by atoms with Crippen molar-refractivity contribution >= 4 is 34.1 Å². The van der Waals surface area contributed by atoms with Crippen molar-refractivity contribution in [2.24, 2.45) is 17.8 Å². The minimum atomic E-state index is -0.441. The van der Waals surface area contributed by atoms with Crippen LogP contribution in [0, 0.1) is 17.8 Å². The number of aromatic nitrogens is 1. The first-order chi connectivity index (χ1) is 17.3. The number of anilines is 1. The highest BCUT2D eigenvalue weighted by Gasteiger charge is 2.61. The molecule has 194 valence electrons. The van der Waals surface area contributed by atoms with Crippen LogP contribution in [0.3, 0.4) is 0 Å². The van der Waals surface area contributed by atoms with Crippen LogP contribution in [0.4, 0.5) is 5.82 Å². The van der Waals surface area contributed by atoms with Crippen molar-refractivity contribution in [2.45, 2.75) is 56.2 Å². The third-order valence-electron chi connectivity index (χ3n) is 9.57. The number of rotatable bonds is 5. The van der Waals surface area contributed by atoms with Gasteiger partial charge < -0.3 is 20.1 Å². The van der Waals surface area contributed by atoms with Gasteiger partial charge in [-0.2, -0.15) is 0 Å². The summed E-state index contributed by atoms with van der Waals surface area (Å²) < 4.78 is 5.55. The van der Waals surface area contributed by atoms with E-state index in [1.165, 1.54) is 6.42 Å². The summed E-state index contributed by atoms with van der Waals surface area (Å²) in [5.74, 6) is 2.20. The summed E-state index contributed by atoms with van der Waals surface area (Å²) >= 11 is 6.74. The molecule has 1 aromatic carbocycles. The summed E-state index contributed by atoms with van der Waals surface area (Å²) in [6.07, 6.45) is 5.67. The fraction of sp³-hybridized carbons (Fsp3) is 0.643. The van der Waals surface area contributed by atoms with Crippen LogP contribution in [0.15, 0.2) is 24.4 Å². The molecular weight excluding hydrogens is 476 g/mol. The average Bonchev–Trinajstić information content (AvgIpc) is 3.21. The van der Waals surface area contributed by atoms with Gasteiger partial charge in [-0.25, -0.2) is 4.98 Å². The molecule has 2 aliphatic heterocycles. The second kappa shape index (κ2) is 9.21. The lowest BCUT2D eigenvalue weighted by Crippen LogP contribution is -2.56. The van der Waals surface area contributed by atoms with Gasteiger partial charge in [0.05, 0.1) is 24.9 Å². The molecule has 2 saturated carbocycles. The fourth-order valence-corrected chi connectivity index (χ4v) is 7.58. The summed E-state index contributed by atoms with van der Waals surface area (Å²) in [6.45, 7) is 4.91. The number of carbonyl (C=O) groups is 1. The number of halogens is 1. The van der Waals surface area contributed by atoms with Crippen LogP contribution in [0.5, 0.6) is 0 Å². The van der Waals surface area contributed by atoms with E-state index < -0.39 is 6.10 Å². The summed E-state index contributed by atoms with van der Waals surface area (Å²) in [7, 11) is 4.23. The Labute approximate surface area is 218 Å². The zero-order valence-corrected chi connectivity index (χ0v) is 22.2. The SMILES string of the molecule is CN(C)C1CC[C@@H]2[C@@H](C(=O)Nc3cc4cc(C5CCN([C@@]6(C)COC[C@H]6O)CC5)c(Cl)cc4cn3)[C@H]12. The lowest BCUT2D eigenvalue weighted by molar-refractivity contribution is -0.118. The van der Waals surface area contributed by atoms with Crippen molar-refractivity contribution in [1.29, 1.82) is 0 Å². The second-order valence-electron chi connectivity index (χ2n) is 11.8. The minimum Gasteiger partial charge on any atom is -0.389 e. The molecular formula is C28H37ClN4O3. The van der Waals surface area contributed by atoms with E-state index in [2.05, 4.69) is 47.2 Å². The highest BCUT2D eigenvalue weighted by atomic mass is 35.5. The Kier molecular flexibility index (Phi) is 6.28. The maximum atomic E-state index is 13.0. The van der Waals surface area contributed by atoms with Crippen molar-refractivity contribution < 1.29 is 14.6 Å². The number of aliphatic hydroxyl groups is 1. The number of amides is 1. The molecule has 2 aliphatic carbocycles. The van der Waals surface area contributed by atoms with E-state index in [9.17, 15) is 9.90 Å². The molecule has 6 rings (SSSR count). The number of aliphatic hydroxyl groups excluding tert-OH is 1. The van der Waals surface area contributed by atoms with Gasteiger partial charge in [0.15, 0.2) is 0 Å². The van der Waals surface area contributed by atoms with Crippen LogP contribution in [0.1, 0.15) is 44.1 Å². The zero-order valence-electron chi connectivity index (χ0n) is 21.4. The number of fused-ring (bicyclic) bond motifs is 2. The monoisotopic (exact) mass is 512 g/mol. The molecule has 1 aromatic heterocycles. The van der Waals surface area contributed by atoms with Crippen molar-refractivity contribution in [3.63, 3.8) is 0 Å². The minimum absolute atomic E-state index is 0.108. The first-order valence-corrected chi connectivity index (χ1v) is 13.7. The molecule has 6 atom stereocenters. The molecule has 1 amide bonds. The molecule has 3 heterocycles. The lowest BCUT2D eigenvalue weighted by Gasteiger charge is -2.43. The molecule has 4 aliphatic rings. The molecule has 1 unspecified atom stereocenters. The number of hydrogen-bond donors (Lipinski definition) is 2. The number of piperidine rings is 1. The number of likely N-dealkylation sites (tertiary alicyclic amines) is 1. The molecule has 0 spiro atoms. The Morgan fingerprint density at radius 1 is 1.19 bits per heavy atom. The number of nitrogens with zero attached hydrogens (tertiary/aromatic N) is 3. The molecule has 0 bridgehead atoms. The highest BCUT2D eigenvalue weighted by Crippen LogP contribution is 2.59. The number of ether oxygens (including phenoxy) is 1. The van der Waals surface area contributed by atoms with E-state index in [1.807, 2.05) is 18.3 Å². The molecule has 2 aromatic rings. The van der Waals surface area contributed by atoms with E-state index in [0.29, 0.717) is 42.8 Å². The second-order valence-corrected chi connectivity index (χ2v) is 12.2. The predicted molar refractivity (Wildman–Crippen MR) is 141 cm³/mol. The normalized spacial score (nSPS) is 34.9. The zero-order chi connectivity index (χ0) is 25.2. The molecule has 2 saturated heterocycles. The molecule has 7 nitrogen and oxygen atoms in total. The van der Waals surface area contributed by atoms with Gasteiger partial charge in [-0.05, 0) is 107 Å². The van der Waals surface area contributed by atoms with Crippen molar-refractivity contribution in [1.82, 2.24) is 14.8 Å². The Morgan fingerprint density at radius 3 is 2.67 bits per heavy atom. The summed E-state index contributed by atoms with van der Waals surface area (Å²) in [5.41, 5.74) is 0.856. The summed E-state index contributed by atoms with van der Waals surface area (Å²) in [6, 6.07) is 6.67.